The van der Waals surface area contributed by atoms with Crippen molar-refractivity contribution >= 4 is 37.5 Å². The van der Waals surface area contributed by atoms with Crippen LogP contribution in [0.15, 0.2) is 75.1 Å². The van der Waals surface area contributed by atoms with Gasteiger partial charge in [-0.1, -0.05) is 12.1 Å². The molecular formula is C19H21N3O9S2. The maximum atomic E-state index is 12.5. The summed E-state index contributed by atoms with van der Waals surface area (Å²) in [4.78, 5) is 12.4. The van der Waals surface area contributed by atoms with Crippen molar-refractivity contribution in [1.29, 1.82) is 0 Å². The number of anilines is 1. The fraction of sp³-hybridized carbons (Fsp3) is 0.211. The van der Waals surface area contributed by atoms with Crippen molar-refractivity contribution in [2.24, 2.45) is 10.2 Å². The Morgan fingerprint density at radius 3 is 2.27 bits per heavy atom. The van der Waals surface area contributed by atoms with Gasteiger partial charge in [0, 0.05) is 0 Å². The number of aliphatic hydroxyl groups is 1. The molecule has 0 saturated carbocycles. The Morgan fingerprint density at radius 2 is 1.70 bits per heavy atom. The van der Waals surface area contributed by atoms with Gasteiger partial charge in [0.2, 0.25) is 0 Å². The third-order valence-electron chi connectivity index (χ3n) is 3.96. The highest BCUT2D eigenvalue weighted by Crippen LogP contribution is 2.25. The normalized spacial score (nSPS) is 12.9. The number of nitrogens with one attached hydrogen (secondary N) is 1. The molecule has 0 aliphatic rings. The smallest absolute Gasteiger partial charge is 0.397 e. The summed E-state index contributed by atoms with van der Waals surface area (Å²) in [6, 6.07) is 11.6. The molecule has 33 heavy (non-hydrogen) atoms. The number of aliphatic hydroxyl groups excluding tert-OH is 1. The average Bonchev–Trinajstić information content (AvgIpc) is 2.73. The van der Waals surface area contributed by atoms with Gasteiger partial charge < -0.3 is 15.2 Å². The van der Waals surface area contributed by atoms with Gasteiger partial charge in [-0.3, -0.25) is 9.35 Å². The highest BCUT2D eigenvalue weighted by molar-refractivity contribution is 7.91. The van der Waals surface area contributed by atoms with Crippen molar-refractivity contribution in [3.05, 3.63) is 60.0 Å². The van der Waals surface area contributed by atoms with Crippen LogP contribution < -0.4 is 10.1 Å². The van der Waals surface area contributed by atoms with Crippen LogP contribution in [0.5, 0.6) is 5.75 Å². The van der Waals surface area contributed by atoms with Crippen molar-refractivity contribution in [3.63, 3.8) is 0 Å². The molecule has 2 aromatic rings. The fourth-order valence-electron chi connectivity index (χ4n) is 2.41. The Kier molecular flexibility index (Phi) is 8.64. The fourth-order valence-corrected chi connectivity index (χ4v) is 3.89. The number of nitrogens with zero attached hydrogens (tertiary/aromatic N) is 2. The van der Waals surface area contributed by atoms with Crippen LogP contribution in [0.3, 0.4) is 0 Å². The lowest BCUT2D eigenvalue weighted by molar-refractivity contribution is -0.113. The third-order valence-corrected chi connectivity index (χ3v) is 6.12. The Bertz CT molecular complexity index is 1270. The summed E-state index contributed by atoms with van der Waals surface area (Å²) in [6.45, 7) is 0.494. The number of amides is 1. The van der Waals surface area contributed by atoms with Gasteiger partial charge in [0.05, 0.1) is 35.7 Å². The zero-order chi connectivity index (χ0) is 24.6. The third kappa shape index (κ3) is 7.94. The molecular weight excluding hydrogens is 478 g/mol. The molecule has 0 radical (unpaired) electrons. The van der Waals surface area contributed by atoms with E-state index in [9.17, 15) is 26.7 Å². The number of hydrogen-bond donors (Lipinski definition) is 3. The summed E-state index contributed by atoms with van der Waals surface area (Å²) in [5.74, 6) is -1.44. The summed E-state index contributed by atoms with van der Waals surface area (Å²) in [5.41, 5.74) is 0.151. The van der Waals surface area contributed by atoms with Gasteiger partial charge in [-0.2, -0.15) is 13.5 Å². The summed E-state index contributed by atoms with van der Waals surface area (Å²) in [6.07, 6.45) is 0. The number of allylic oxidation sites excluding steroid dienone is 1. The van der Waals surface area contributed by atoms with Crippen molar-refractivity contribution in [2.75, 3.05) is 24.8 Å². The minimum Gasteiger partial charge on any atom is -0.510 e. The molecule has 0 aromatic heterocycles. The zero-order valence-corrected chi connectivity index (χ0v) is 19.1. The van der Waals surface area contributed by atoms with Crippen LogP contribution in [-0.2, 0) is 29.2 Å². The Balaban J connectivity index is 2.13. The minimum absolute atomic E-state index is 0.150. The second-order valence-electron chi connectivity index (χ2n) is 6.35. The summed E-state index contributed by atoms with van der Waals surface area (Å²) >= 11 is 0. The van der Waals surface area contributed by atoms with Crippen LogP contribution in [0, 0.1) is 0 Å². The van der Waals surface area contributed by atoms with Crippen LogP contribution >= 0.6 is 0 Å². The SMILES string of the molecule is COc1ccccc1NC(=O)C(N=Nc1ccc(S(=O)(=O)CCOS(=O)(=O)O)cc1)=C(C)O. The van der Waals surface area contributed by atoms with Crippen LogP contribution in [-0.4, -0.2) is 51.9 Å². The standard InChI is InChI=1S/C19H21N3O9S2/c1-13(23)18(19(24)20-16-5-3-4-6-17(16)30-2)22-21-14-7-9-15(10-8-14)32(25,26)12-11-31-33(27,28)29/h3-10,23H,11-12H2,1-2H3,(H,20,24)(H,27,28,29). The lowest BCUT2D eigenvalue weighted by atomic mass is 10.2. The Labute approximate surface area is 190 Å². The summed E-state index contributed by atoms with van der Waals surface area (Å²) in [5, 5.41) is 20.0. The van der Waals surface area contributed by atoms with E-state index in [-0.39, 0.29) is 16.3 Å². The van der Waals surface area contributed by atoms with Crippen LogP contribution in [0.2, 0.25) is 0 Å². The topological polar surface area (TPSA) is 181 Å². The molecule has 178 valence electrons. The number of hydrogen-bond acceptors (Lipinski definition) is 10. The molecule has 0 atom stereocenters. The van der Waals surface area contributed by atoms with E-state index in [0.29, 0.717) is 11.4 Å². The number of benzene rings is 2. The van der Waals surface area contributed by atoms with E-state index in [1.165, 1.54) is 38.3 Å². The van der Waals surface area contributed by atoms with E-state index in [1.54, 1.807) is 24.3 Å². The maximum Gasteiger partial charge on any atom is 0.397 e. The summed E-state index contributed by atoms with van der Waals surface area (Å²) < 4.78 is 63.1. The number of sulfone groups is 1. The van der Waals surface area contributed by atoms with Gasteiger partial charge in [0.15, 0.2) is 15.5 Å². The van der Waals surface area contributed by atoms with Gasteiger partial charge in [-0.15, -0.1) is 5.11 Å². The highest BCUT2D eigenvalue weighted by Gasteiger charge is 2.17. The van der Waals surface area contributed by atoms with Gasteiger partial charge in [0.25, 0.3) is 5.91 Å². The Morgan fingerprint density at radius 1 is 1.06 bits per heavy atom. The van der Waals surface area contributed by atoms with E-state index in [1.807, 2.05) is 0 Å². The predicted molar refractivity (Wildman–Crippen MR) is 117 cm³/mol. The molecule has 0 saturated heterocycles. The molecule has 0 aliphatic heterocycles. The molecule has 0 heterocycles. The van der Waals surface area contributed by atoms with Crippen LogP contribution in [0.25, 0.3) is 0 Å². The lowest BCUT2D eigenvalue weighted by Gasteiger charge is -2.10. The van der Waals surface area contributed by atoms with Gasteiger partial charge in [0.1, 0.15) is 11.5 Å². The number of carbonyl (C=O) groups excluding carboxylic acids is 1. The molecule has 2 aromatic carbocycles. The van der Waals surface area contributed by atoms with Crippen molar-refractivity contribution in [2.45, 2.75) is 11.8 Å². The largest absolute Gasteiger partial charge is 0.510 e. The van der Waals surface area contributed by atoms with Crippen LogP contribution in [0.4, 0.5) is 11.4 Å². The first-order chi connectivity index (χ1) is 15.4. The first kappa shape index (κ1) is 25.9. The number of carbonyl (C=O) groups is 1. The molecule has 0 spiro atoms. The van der Waals surface area contributed by atoms with Gasteiger partial charge in [-0.25, -0.2) is 12.6 Å². The maximum absolute atomic E-state index is 12.5. The van der Waals surface area contributed by atoms with Gasteiger partial charge >= 0.3 is 10.4 Å². The zero-order valence-electron chi connectivity index (χ0n) is 17.5. The first-order valence-corrected chi connectivity index (χ1v) is 12.2. The van der Waals surface area contributed by atoms with Crippen molar-refractivity contribution < 1.29 is 40.2 Å². The van der Waals surface area contributed by atoms with E-state index in [0.717, 1.165) is 0 Å². The van der Waals surface area contributed by atoms with E-state index in [2.05, 4.69) is 19.7 Å². The molecule has 12 nitrogen and oxygen atoms in total. The van der Waals surface area contributed by atoms with Crippen molar-refractivity contribution in [3.8, 4) is 5.75 Å². The minimum atomic E-state index is -4.75. The van der Waals surface area contributed by atoms with Gasteiger partial charge in [-0.05, 0) is 43.3 Å². The Hall–Kier alpha value is -3.33. The number of methoxy groups -OCH3 is 1. The molecule has 0 fully saturated rings. The predicted octanol–water partition coefficient (Wildman–Crippen LogP) is 2.80. The van der Waals surface area contributed by atoms with Crippen LogP contribution in [0.1, 0.15) is 6.92 Å². The molecule has 0 unspecified atom stereocenters. The second kappa shape index (κ2) is 11.0. The quantitative estimate of drug-likeness (QED) is 0.192. The van der Waals surface area contributed by atoms with Crippen molar-refractivity contribution in [1.82, 2.24) is 0 Å². The summed E-state index contributed by atoms with van der Waals surface area (Å²) in [7, 11) is -7.21. The first-order valence-electron chi connectivity index (χ1n) is 9.13. The number of azo groups is 1. The number of ether oxygens (including phenoxy) is 1. The molecule has 2 rings (SSSR count). The van der Waals surface area contributed by atoms with E-state index < -0.39 is 44.3 Å². The monoisotopic (exact) mass is 499 g/mol. The molecule has 3 N–H and O–H groups in total. The molecule has 1 amide bonds. The highest BCUT2D eigenvalue weighted by atomic mass is 32.3. The molecule has 0 aliphatic carbocycles. The van der Waals surface area contributed by atoms with E-state index in [4.69, 9.17) is 9.29 Å². The second-order valence-corrected chi connectivity index (χ2v) is 9.55. The number of para-hydroxylation sites is 2. The van der Waals surface area contributed by atoms with E-state index >= 15 is 0 Å². The lowest BCUT2D eigenvalue weighted by Crippen LogP contribution is -2.15. The average molecular weight is 500 g/mol. The molecule has 0 bridgehead atoms. The molecule has 14 heteroatoms. The number of rotatable bonds is 10.